The van der Waals surface area contributed by atoms with E-state index >= 15 is 0 Å². The highest BCUT2D eigenvalue weighted by Crippen LogP contribution is 2.40. The van der Waals surface area contributed by atoms with Gasteiger partial charge in [-0.1, -0.05) is 42.8 Å². The van der Waals surface area contributed by atoms with E-state index < -0.39 is 0 Å². The molecule has 1 aromatic heterocycles. The Morgan fingerprint density at radius 2 is 1.93 bits per heavy atom. The van der Waals surface area contributed by atoms with Crippen LogP contribution in [0.25, 0.3) is 0 Å². The summed E-state index contributed by atoms with van der Waals surface area (Å²) in [6, 6.07) is 14.0. The van der Waals surface area contributed by atoms with Gasteiger partial charge in [0.05, 0.1) is 25.1 Å². The zero-order valence-electron chi connectivity index (χ0n) is 16.2. The van der Waals surface area contributed by atoms with Gasteiger partial charge in [-0.05, 0) is 42.5 Å². The topological polar surface area (TPSA) is 65.5 Å². The summed E-state index contributed by atoms with van der Waals surface area (Å²) in [4.78, 5) is 19.1. The summed E-state index contributed by atoms with van der Waals surface area (Å²) < 4.78 is 0. The molecule has 2 aromatic rings. The van der Waals surface area contributed by atoms with Crippen LogP contribution in [-0.2, 0) is 11.2 Å². The van der Waals surface area contributed by atoms with E-state index in [-0.39, 0.29) is 30.5 Å². The SMILES string of the molecule is O=C(Cc1cccnc1)N1[C@H](CO)[C@H](c2ccccc2)[C@H]1CNCC1CCC1. The average Bonchev–Trinajstić information content (AvgIpc) is 2.67. The lowest BCUT2D eigenvalue weighted by Gasteiger charge is -2.55. The van der Waals surface area contributed by atoms with Gasteiger partial charge < -0.3 is 15.3 Å². The van der Waals surface area contributed by atoms with Crippen LogP contribution in [0.2, 0.25) is 0 Å². The van der Waals surface area contributed by atoms with Crippen LogP contribution in [0.3, 0.4) is 0 Å². The van der Waals surface area contributed by atoms with E-state index in [9.17, 15) is 9.90 Å². The molecule has 5 nitrogen and oxygen atoms in total. The fraction of sp³-hybridized carbons (Fsp3) is 0.478. The quantitative estimate of drug-likeness (QED) is 0.739. The first-order chi connectivity index (χ1) is 13.8. The molecule has 2 aliphatic rings. The van der Waals surface area contributed by atoms with Gasteiger partial charge in [-0.25, -0.2) is 0 Å². The summed E-state index contributed by atoms with van der Waals surface area (Å²) >= 11 is 0. The zero-order valence-corrected chi connectivity index (χ0v) is 16.2. The van der Waals surface area contributed by atoms with Gasteiger partial charge in [-0.15, -0.1) is 0 Å². The normalized spacial score (nSPS) is 24.5. The maximum absolute atomic E-state index is 13.1. The highest BCUT2D eigenvalue weighted by atomic mass is 16.3. The third kappa shape index (κ3) is 3.96. The monoisotopic (exact) mass is 379 g/mol. The van der Waals surface area contributed by atoms with Gasteiger partial charge in [-0.2, -0.15) is 0 Å². The largest absolute Gasteiger partial charge is 0.394 e. The summed E-state index contributed by atoms with van der Waals surface area (Å²) in [7, 11) is 0. The van der Waals surface area contributed by atoms with Crippen LogP contribution in [-0.4, -0.2) is 52.7 Å². The third-order valence-corrected chi connectivity index (χ3v) is 6.29. The number of aliphatic hydroxyl groups is 1. The molecule has 148 valence electrons. The number of benzene rings is 1. The van der Waals surface area contributed by atoms with E-state index in [1.807, 2.05) is 35.2 Å². The summed E-state index contributed by atoms with van der Waals surface area (Å²) in [6.07, 6.45) is 7.73. The van der Waals surface area contributed by atoms with Crippen molar-refractivity contribution in [3.05, 3.63) is 66.0 Å². The predicted molar refractivity (Wildman–Crippen MR) is 109 cm³/mol. The summed E-state index contributed by atoms with van der Waals surface area (Å²) in [5.41, 5.74) is 2.11. The molecule has 28 heavy (non-hydrogen) atoms. The molecule has 1 aliphatic heterocycles. The molecule has 1 saturated carbocycles. The molecular formula is C23H29N3O2. The molecule has 1 amide bonds. The van der Waals surface area contributed by atoms with Crippen molar-refractivity contribution in [2.45, 2.75) is 43.7 Å². The molecule has 1 saturated heterocycles. The molecule has 0 spiro atoms. The lowest BCUT2D eigenvalue weighted by Crippen LogP contribution is -2.68. The van der Waals surface area contributed by atoms with Gasteiger partial charge in [0, 0.05) is 24.9 Å². The van der Waals surface area contributed by atoms with Gasteiger partial charge >= 0.3 is 0 Å². The Morgan fingerprint density at radius 3 is 2.57 bits per heavy atom. The van der Waals surface area contributed by atoms with E-state index in [0.29, 0.717) is 6.42 Å². The van der Waals surface area contributed by atoms with E-state index in [4.69, 9.17) is 0 Å². The predicted octanol–water partition coefficient (Wildman–Crippen LogP) is 2.37. The number of aromatic nitrogens is 1. The van der Waals surface area contributed by atoms with Crippen LogP contribution in [0, 0.1) is 5.92 Å². The Kier molecular flexibility index (Phi) is 6.03. The van der Waals surface area contributed by atoms with Gasteiger partial charge in [0.25, 0.3) is 0 Å². The number of rotatable bonds is 8. The number of carbonyl (C=O) groups is 1. The van der Waals surface area contributed by atoms with Crippen molar-refractivity contribution in [1.29, 1.82) is 0 Å². The van der Waals surface area contributed by atoms with E-state index in [1.165, 1.54) is 24.8 Å². The fourth-order valence-electron chi connectivity index (χ4n) is 4.56. The van der Waals surface area contributed by atoms with Crippen molar-refractivity contribution in [2.24, 2.45) is 5.92 Å². The van der Waals surface area contributed by atoms with Crippen molar-refractivity contribution in [3.8, 4) is 0 Å². The second kappa shape index (κ2) is 8.84. The average molecular weight is 380 g/mol. The van der Waals surface area contributed by atoms with Gasteiger partial charge in [0.15, 0.2) is 0 Å². The van der Waals surface area contributed by atoms with Crippen LogP contribution in [0.1, 0.15) is 36.3 Å². The Hall–Kier alpha value is -2.24. The molecular weight excluding hydrogens is 350 g/mol. The summed E-state index contributed by atoms with van der Waals surface area (Å²) in [5, 5.41) is 13.6. The zero-order chi connectivity index (χ0) is 19.3. The number of hydrogen-bond donors (Lipinski definition) is 2. The molecule has 4 rings (SSSR count). The fourth-order valence-corrected chi connectivity index (χ4v) is 4.56. The molecule has 3 atom stereocenters. The minimum atomic E-state index is -0.165. The summed E-state index contributed by atoms with van der Waals surface area (Å²) in [5.74, 6) is 1.01. The molecule has 1 aromatic carbocycles. The number of hydrogen-bond acceptors (Lipinski definition) is 4. The number of likely N-dealkylation sites (tertiary alicyclic amines) is 1. The number of nitrogens with one attached hydrogen (secondary N) is 1. The molecule has 2 fully saturated rings. The number of aliphatic hydroxyl groups excluding tert-OH is 1. The highest BCUT2D eigenvalue weighted by molar-refractivity contribution is 5.81. The van der Waals surface area contributed by atoms with Crippen LogP contribution in [0.5, 0.6) is 0 Å². The van der Waals surface area contributed by atoms with E-state index in [0.717, 1.165) is 24.6 Å². The van der Waals surface area contributed by atoms with Crippen LogP contribution in [0.15, 0.2) is 54.9 Å². The molecule has 0 unspecified atom stereocenters. The maximum atomic E-state index is 13.1. The molecule has 1 aliphatic carbocycles. The molecule has 0 bridgehead atoms. The Labute approximate surface area is 166 Å². The van der Waals surface area contributed by atoms with Crippen LogP contribution in [0.4, 0.5) is 0 Å². The molecule has 0 radical (unpaired) electrons. The van der Waals surface area contributed by atoms with Crippen molar-refractivity contribution in [3.63, 3.8) is 0 Å². The molecule has 2 N–H and O–H groups in total. The lowest BCUT2D eigenvalue weighted by molar-refractivity contribution is -0.149. The minimum absolute atomic E-state index is 0.0164. The van der Waals surface area contributed by atoms with Gasteiger partial charge in [0.2, 0.25) is 5.91 Å². The van der Waals surface area contributed by atoms with Crippen LogP contribution < -0.4 is 5.32 Å². The Bertz CT molecular complexity index is 764. The number of amides is 1. The summed E-state index contributed by atoms with van der Waals surface area (Å²) in [6.45, 7) is 1.77. The Morgan fingerprint density at radius 1 is 1.11 bits per heavy atom. The van der Waals surface area contributed by atoms with Gasteiger partial charge in [0.1, 0.15) is 0 Å². The van der Waals surface area contributed by atoms with Crippen LogP contribution >= 0.6 is 0 Å². The van der Waals surface area contributed by atoms with Crippen molar-refractivity contribution >= 4 is 5.91 Å². The first-order valence-corrected chi connectivity index (χ1v) is 10.3. The van der Waals surface area contributed by atoms with Gasteiger partial charge in [-0.3, -0.25) is 9.78 Å². The first-order valence-electron chi connectivity index (χ1n) is 10.3. The third-order valence-electron chi connectivity index (χ3n) is 6.29. The lowest BCUT2D eigenvalue weighted by atomic mass is 9.74. The molecule has 5 heteroatoms. The Balaban J connectivity index is 1.49. The second-order valence-electron chi connectivity index (χ2n) is 8.05. The van der Waals surface area contributed by atoms with E-state index in [2.05, 4.69) is 22.4 Å². The first kappa shape index (κ1) is 19.1. The molecule has 2 heterocycles. The van der Waals surface area contributed by atoms with Crippen molar-refractivity contribution in [1.82, 2.24) is 15.2 Å². The highest BCUT2D eigenvalue weighted by Gasteiger charge is 2.50. The number of carbonyl (C=O) groups excluding carboxylic acids is 1. The maximum Gasteiger partial charge on any atom is 0.227 e. The smallest absolute Gasteiger partial charge is 0.227 e. The second-order valence-corrected chi connectivity index (χ2v) is 8.05. The minimum Gasteiger partial charge on any atom is -0.394 e. The van der Waals surface area contributed by atoms with Crippen molar-refractivity contribution in [2.75, 3.05) is 19.7 Å². The van der Waals surface area contributed by atoms with Crippen molar-refractivity contribution < 1.29 is 9.90 Å². The standard InChI is InChI=1S/C23H29N3O2/c27-16-21-23(19-9-2-1-3-10-19)20(15-25-13-17-6-4-7-17)26(21)22(28)12-18-8-5-11-24-14-18/h1-3,5,8-11,14,17,20-21,23,25,27H,4,6-7,12-13,15-16H2/t20-,21-,23-/m1/s1. The number of nitrogens with zero attached hydrogens (tertiary/aromatic N) is 2. The van der Waals surface area contributed by atoms with E-state index in [1.54, 1.807) is 12.4 Å². The number of pyridine rings is 1.